The minimum absolute atomic E-state index is 0.129. The first-order chi connectivity index (χ1) is 12.4. The van der Waals surface area contributed by atoms with Crippen molar-refractivity contribution >= 4 is 5.91 Å². The van der Waals surface area contributed by atoms with Gasteiger partial charge in [-0.25, -0.2) is 0 Å². The third-order valence-corrected chi connectivity index (χ3v) is 4.98. The molecule has 0 radical (unpaired) electrons. The van der Waals surface area contributed by atoms with Crippen molar-refractivity contribution in [3.05, 3.63) is 40.7 Å². The van der Waals surface area contributed by atoms with Gasteiger partial charge in [-0.1, -0.05) is 6.07 Å². The molecule has 0 fully saturated rings. The van der Waals surface area contributed by atoms with Crippen molar-refractivity contribution in [3.63, 3.8) is 0 Å². The summed E-state index contributed by atoms with van der Waals surface area (Å²) in [7, 11) is 1.94. The van der Waals surface area contributed by atoms with Crippen LogP contribution in [-0.4, -0.2) is 33.4 Å². The summed E-state index contributed by atoms with van der Waals surface area (Å²) in [6, 6.07) is 5.98. The first kappa shape index (κ1) is 18.3. The Morgan fingerprint density at radius 3 is 2.65 bits per heavy atom. The maximum absolute atomic E-state index is 12.9. The second kappa shape index (κ2) is 7.40. The zero-order chi connectivity index (χ0) is 18.8. The number of aromatic nitrogens is 2. The van der Waals surface area contributed by atoms with Crippen molar-refractivity contribution in [2.45, 2.75) is 53.1 Å². The average Bonchev–Trinajstić information content (AvgIpc) is 3.15. The number of carbonyl (C=O) groups excluding carboxylic acids is 1. The first-order valence-electron chi connectivity index (χ1n) is 9.04. The Morgan fingerprint density at radius 1 is 1.27 bits per heavy atom. The maximum Gasteiger partial charge on any atom is 0.231 e. The van der Waals surface area contributed by atoms with Crippen LogP contribution in [0.15, 0.2) is 18.2 Å². The van der Waals surface area contributed by atoms with Gasteiger partial charge in [-0.3, -0.25) is 9.48 Å². The summed E-state index contributed by atoms with van der Waals surface area (Å²) in [5, 5.41) is 4.44. The Kier molecular flexibility index (Phi) is 5.20. The Morgan fingerprint density at radius 2 is 2.00 bits per heavy atom. The van der Waals surface area contributed by atoms with Crippen LogP contribution in [0.3, 0.4) is 0 Å². The van der Waals surface area contributed by atoms with Crippen LogP contribution in [0.25, 0.3) is 0 Å². The van der Waals surface area contributed by atoms with E-state index in [0.29, 0.717) is 19.4 Å². The number of amides is 1. The molecule has 6 heteroatoms. The fourth-order valence-corrected chi connectivity index (χ4v) is 3.35. The Hall–Kier alpha value is -2.50. The van der Waals surface area contributed by atoms with Gasteiger partial charge >= 0.3 is 0 Å². The molecule has 2 heterocycles. The Labute approximate surface area is 154 Å². The van der Waals surface area contributed by atoms with Crippen molar-refractivity contribution in [2.75, 3.05) is 6.79 Å². The third-order valence-electron chi connectivity index (χ3n) is 4.98. The smallest absolute Gasteiger partial charge is 0.231 e. The molecule has 3 rings (SSSR count). The number of hydrogen-bond acceptors (Lipinski definition) is 4. The number of carbonyl (C=O) groups is 1. The molecule has 0 spiro atoms. The van der Waals surface area contributed by atoms with Gasteiger partial charge in [0.05, 0.1) is 5.69 Å². The molecular formula is C20H27N3O3. The minimum atomic E-state index is 0.129. The molecule has 2 aromatic rings. The lowest BCUT2D eigenvalue weighted by molar-refractivity contribution is -0.133. The number of benzene rings is 1. The largest absolute Gasteiger partial charge is 0.454 e. The van der Waals surface area contributed by atoms with Crippen LogP contribution in [0.2, 0.25) is 0 Å². The minimum Gasteiger partial charge on any atom is -0.454 e. The molecule has 0 atom stereocenters. The lowest BCUT2D eigenvalue weighted by Gasteiger charge is -2.27. The molecule has 6 nitrogen and oxygen atoms in total. The molecule has 1 amide bonds. The van der Waals surface area contributed by atoms with Gasteiger partial charge in [-0.05, 0) is 57.4 Å². The summed E-state index contributed by atoms with van der Waals surface area (Å²) in [6.45, 7) is 8.97. The van der Waals surface area contributed by atoms with E-state index in [1.165, 1.54) is 5.56 Å². The van der Waals surface area contributed by atoms with Crippen LogP contribution in [0.5, 0.6) is 11.5 Å². The zero-order valence-electron chi connectivity index (χ0n) is 16.2. The van der Waals surface area contributed by atoms with E-state index in [9.17, 15) is 4.79 Å². The summed E-state index contributed by atoms with van der Waals surface area (Å²) >= 11 is 0. The summed E-state index contributed by atoms with van der Waals surface area (Å²) < 4.78 is 12.7. The molecule has 26 heavy (non-hydrogen) atoms. The van der Waals surface area contributed by atoms with E-state index in [0.717, 1.165) is 28.5 Å². The van der Waals surface area contributed by atoms with E-state index in [1.54, 1.807) is 0 Å². The molecule has 0 saturated heterocycles. The van der Waals surface area contributed by atoms with E-state index < -0.39 is 0 Å². The predicted molar refractivity (Wildman–Crippen MR) is 99.3 cm³/mol. The van der Waals surface area contributed by atoms with E-state index in [2.05, 4.69) is 5.10 Å². The molecule has 1 aliphatic heterocycles. The van der Waals surface area contributed by atoms with Crippen LogP contribution >= 0.6 is 0 Å². The standard InChI is InChI=1S/C20H27N3O3/c1-13(2)23(11-16-6-8-18-19(10-16)26-12-25-18)20(24)9-7-17-14(3)21-22(5)15(17)4/h6,8,10,13H,7,9,11-12H2,1-5H3. The number of nitrogens with zero attached hydrogens (tertiary/aromatic N) is 3. The molecule has 1 aliphatic rings. The van der Waals surface area contributed by atoms with Gasteiger partial charge in [0.25, 0.3) is 0 Å². The van der Waals surface area contributed by atoms with Gasteiger partial charge in [0.2, 0.25) is 12.7 Å². The van der Waals surface area contributed by atoms with Gasteiger partial charge in [0.1, 0.15) is 0 Å². The molecule has 0 bridgehead atoms. The van der Waals surface area contributed by atoms with Gasteiger partial charge in [0.15, 0.2) is 11.5 Å². The molecular weight excluding hydrogens is 330 g/mol. The zero-order valence-corrected chi connectivity index (χ0v) is 16.2. The number of rotatable bonds is 6. The lowest BCUT2D eigenvalue weighted by atomic mass is 10.1. The highest BCUT2D eigenvalue weighted by Crippen LogP contribution is 2.33. The molecule has 0 saturated carbocycles. The fourth-order valence-electron chi connectivity index (χ4n) is 3.35. The Bertz CT molecular complexity index is 811. The van der Waals surface area contributed by atoms with Crippen molar-refractivity contribution in [3.8, 4) is 11.5 Å². The average molecular weight is 357 g/mol. The lowest BCUT2D eigenvalue weighted by Crippen LogP contribution is -2.36. The van der Waals surface area contributed by atoms with E-state index in [1.807, 2.05) is 62.5 Å². The van der Waals surface area contributed by atoms with Crippen LogP contribution in [-0.2, 0) is 24.8 Å². The molecule has 0 unspecified atom stereocenters. The second-order valence-electron chi connectivity index (χ2n) is 7.08. The number of hydrogen-bond donors (Lipinski definition) is 0. The van der Waals surface area contributed by atoms with E-state index >= 15 is 0 Å². The molecule has 0 N–H and O–H groups in total. The van der Waals surface area contributed by atoms with Crippen molar-refractivity contribution in [2.24, 2.45) is 7.05 Å². The highest BCUT2D eigenvalue weighted by Gasteiger charge is 2.20. The highest BCUT2D eigenvalue weighted by atomic mass is 16.7. The quantitative estimate of drug-likeness (QED) is 0.797. The SMILES string of the molecule is Cc1nn(C)c(C)c1CCC(=O)N(Cc1ccc2c(c1)OCO2)C(C)C. The van der Waals surface area contributed by atoms with E-state index in [4.69, 9.17) is 9.47 Å². The normalized spacial score (nSPS) is 12.7. The summed E-state index contributed by atoms with van der Waals surface area (Å²) in [4.78, 5) is 14.8. The second-order valence-corrected chi connectivity index (χ2v) is 7.08. The molecule has 1 aromatic heterocycles. The first-order valence-corrected chi connectivity index (χ1v) is 9.04. The van der Waals surface area contributed by atoms with Gasteiger partial charge in [-0.15, -0.1) is 0 Å². The predicted octanol–water partition coefficient (Wildman–Crippen LogP) is 3.14. The summed E-state index contributed by atoms with van der Waals surface area (Å²) in [6.07, 6.45) is 1.20. The maximum atomic E-state index is 12.9. The topological polar surface area (TPSA) is 56.6 Å². The van der Waals surface area contributed by atoms with Crippen molar-refractivity contribution < 1.29 is 14.3 Å². The summed E-state index contributed by atoms with van der Waals surface area (Å²) in [5.41, 5.74) is 4.35. The van der Waals surface area contributed by atoms with Gasteiger partial charge in [-0.2, -0.15) is 5.10 Å². The molecule has 1 aromatic carbocycles. The fraction of sp³-hybridized carbons (Fsp3) is 0.500. The van der Waals surface area contributed by atoms with Crippen molar-refractivity contribution in [1.29, 1.82) is 0 Å². The Balaban J connectivity index is 1.68. The monoisotopic (exact) mass is 357 g/mol. The van der Waals surface area contributed by atoms with E-state index in [-0.39, 0.29) is 18.7 Å². The van der Waals surface area contributed by atoms with Gasteiger partial charge in [0, 0.05) is 31.7 Å². The number of ether oxygens (including phenoxy) is 2. The highest BCUT2D eigenvalue weighted by molar-refractivity contribution is 5.77. The van der Waals surface area contributed by atoms with Crippen LogP contribution in [0.4, 0.5) is 0 Å². The molecule has 140 valence electrons. The van der Waals surface area contributed by atoms with Crippen LogP contribution in [0.1, 0.15) is 42.8 Å². The van der Waals surface area contributed by atoms with Gasteiger partial charge < -0.3 is 14.4 Å². The van der Waals surface area contributed by atoms with Crippen LogP contribution in [0, 0.1) is 13.8 Å². The molecule has 0 aliphatic carbocycles. The summed E-state index contributed by atoms with van der Waals surface area (Å²) in [5.74, 6) is 1.67. The van der Waals surface area contributed by atoms with Crippen molar-refractivity contribution in [1.82, 2.24) is 14.7 Å². The number of aryl methyl sites for hydroxylation is 2. The number of fused-ring (bicyclic) bond motifs is 1. The third kappa shape index (κ3) is 3.69. The van der Waals surface area contributed by atoms with Crippen LogP contribution < -0.4 is 9.47 Å².